The summed E-state index contributed by atoms with van der Waals surface area (Å²) < 4.78 is 40.4. The summed E-state index contributed by atoms with van der Waals surface area (Å²) in [6, 6.07) is 2.94. The Morgan fingerprint density at radius 3 is 2.13 bits per heavy atom. The summed E-state index contributed by atoms with van der Waals surface area (Å²) in [7, 11) is -1.45. The monoisotopic (exact) mass is 458 g/mol. The van der Waals surface area contributed by atoms with Crippen LogP contribution in [0, 0.1) is 0 Å². The first-order valence-corrected chi connectivity index (χ1v) is 11.0. The third-order valence-electron chi connectivity index (χ3n) is 4.03. The predicted molar refractivity (Wildman–Crippen MR) is 114 cm³/mol. The third kappa shape index (κ3) is 7.74. The van der Waals surface area contributed by atoms with Crippen molar-refractivity contribution in [1.82, 2.24) is 5.32 Å². The number of benzene rings is 1. The summed E-state index contributed by atoms with van der Waals surface area (Å²) in [6.07, 6.45) is -1.98. The molecule has 0 bridgehead atoms. The minimum absolute atomic E-state index is 0.0946. The van der Waals surface area contributed by atoms with Crippen LogP contribution in [0.4, 0.5) is 15.3 Å². The molecule has 31 heavy (non-hydrogen) atoms. The molecule has 1 rings (SSSR count). The highest BCUT2D eigenvalue weighted by atomic mass is 32.2. The molecule has 0 unspecified atom stereocenters. The topological polar surface area (TPSA) is 137 Å². The number of methoxy groups -OCH3 is 2. The number of anilines is 1. The normalized spacial score (nSPS) is 12.6. The van der Waals surface area contributed by atoms with E-state index in [-0.39, 0.29) is 22.6 Å². The average molecular weight is 459 g/mol. The van der Waals surface area contributed by atoms with Gasteiger partial charge in [0.25, 0.3) is 0 Å². The minimum atomic E-state index is -3.80. The standard InChI is InChI=1S/C20H30N2O8S/c1-12(2)31(26,27)16-9-8-13(21-18(24)29-7)10-14(16)15(11-17(23)28-6)22-19(25)30-20(3,4)5/h8-10,12,15H,11H2,1-7H3,(H,21,24)(H,22,25)/t15-/m1/s1. The fourth-order valence-electron chi connectivity index (χ4n) is 2.52. The lowest BCUT2D eigenvalue weighted by atomic mass is 10.0. The molecule has 0 radical (unpaired) electrons. The van der Waals surface area contributed by atoms with Gasteiger partial charge in [0, 0.05) is 5.69 Å². The van der Waals surface area contributed by atoms with E-state index in [1.54, 1.807) is 20.8 Å². The fourth-order valence-corrected chi connectivity index (χ4v) is 3.81. The SMILES string of the molecule is COC(=O)C[C@@H](NC(=O)OC(C)(C)C)c1cc(NC(=O)OC)ccc1S(=O)(=O)C(C)C. The Hall–Kier alpha value is -2.82. The Bertz CT molecular complexity index is 920. The van der Waals surface area contributed by atoms with Crippen molar-refractivity contribution in [3.63, 3.8) is 0 Å². The van der Waals surface area contributed by atoms with E-state index in [0.717, 1.165) is 0 Å². The van der Waals surface area contributed by atoms with Gasteiger partial charge in [-0.05, 0) is 58.4 Å². The van der Waals surface area contributed by atoms with Crippen LogP contribution >= 0.6 is 0 Å². The number of hydrogen-bond acceptors (Lipinski definition) is 8. The van der Waals surface area contributed by atoms with Crippen LogP contribution in [-0.2, 0) is 28.8 Å². The second-order valence-electron chi connectivity index (χ2n) is 7.94. The maximum absolute atomic E-state index is 12.9. The molecule has 0 saturated carbocycles. The van der Waals surface area contributed by atoms with Crippen LogP contribution in [0.3, 0.4) is 0 Å². The molecule has 0 fully saturated rings. The van der Waals surface area contributed by atoms with Crippen molar-refractivity contribution >= 4 is 33.7 Å². The van der Waals surface area contributed by atoms with E-state index in [1.165, 1.54) is 46.3 Å². The number of sulfone groups is 1. The van der Waals surface area contributed by atoms with Gasteiger partial charge < -0.3 is 19.5 Å². The highest BCUT2D eigenvalue weighted by Gasteiger charge is 2.30. The molecule has 0 aliphatic heterocycles. The molecule has 0 heterocycles. The van der Waals surface area contributed by atoms with Gasteiger partial charge >= 0.3 is 18.2 Å². The van der Waals surface area contributed by atoms with Crippen molar-refractivity contribution in [2.75, 3.05) is 19.5 Å². The van der Waals surface area contributed by atoms with Gasteiger partial charge in [0.05, 0.1) is 36.8 Å². The van der Waals surface area contributed by atoms with E-state index < -0.39 is 44.9 Å². The largest absolute Gasteiger partial charge is 0.469 e. The third-order valence-corrected chi connectivity index (χ3v) is 6.26. The van der Waals surface area contributed by atoms with Crippen LogP contribution in [-0.4, -0.2) is 51.6 Å². The molecule has 2 amide bonds. The van der Waals surface area contributed by atoms with E-state index in [2.05, 4.69) is 15.4 Å². The molecule has 0 aliphatic carbocycles. The number of carbonyl (C=O) groups is 3. The first kappa shape index (κ1) is 26.2. The predicted octanol–water partition coefficient (Wildman–Crippen LogP) is 3.18. The molecule has 1 aromatic carbocycles. The molecular weight excluding hydrogens is 428 g/mol. The molecule has 0 saturated heterocycles. The van der Waals surface area contributed by atoms with Gasteiger partial charge in [0.2, 0.25) is 0 Å². The lowest BCUT2D eigenvalue weighted by Crippen LogP contribution is -2.36. The van der Waals surface area contributed by atoms with Gasteiger partial charge in [0.1, 0.15) is 5.60 Å². The molecular formula is C20H30N2O8S. The lowest BCUT2D eigenvalue weighted by Gasteiger charge is -2.25. The number of nitrogens with one attached hydrogen (secondary N) is 2. The van der Waals surface area contributed by atoms with Crippen molar-refractivity contribution in [1.29, 1.82) is 0 Å². The fraction of sp³-hybridized carbons (Fsp3) is 0.550. The van der Waals surface area contributed by atoms with Crippen molar-refractivity contribution in [2.45, 2.75) is 62.8 Å². The molecule has 0 aromatic heterocycles. The van der Waals surface area contributed by atoms with E-state index in [9.17, 15) is 22.8 Å². The molecule has 174 valence electrons. The van der Waals surface area contributed by atoms with E-state index in [1.807, 2.05) is 0 Å². The quantitative estimate of drug-likeness (QED) is 0.469. The first-order valence-electron chi connectivity index (χ1n) is 9.50. The van der Waals surface area contributed by atoms with Crippen molar-refractivity contribution in [2.24, 2.45) is 0 Å². The highest BCUT2D eigenvalue weighted by Crippen LogP contribution is 2.31. The number of amides is 2. The van der Waals surface area contributed by atoms with Crippen LogP contribution in [0.15, 0.2) is 23.1 Å². The molecule has 1 aromatic rings. The molecule has 0 spiro atoms. The number of alkyl carbamates (subject to hydrolysis) is 1. The number of hydrogen-bond donors (Lipinski definition) is 2. The van der Waals surface area contributed by atoms with Gasteiger partial charge in [-0.2, -0.15) is 0 Å². The highest BCUT2D eigenvalue weighted by molar-refractivity contribution is 7.92. The summed E-state index contributed by atoms with van der Waals surface area (Å²) in [4.78, 5) is 35.9. The zero-order valence-corrected chi connectivity index (χ0v) is 19.6. The molecule has 10 nitrogen and oxygen atoms in total. The van der Waals surface area contributed by atoms with E-state index in [4.69, 9.17) is 9.47 Å². The number of carbonyl (C=O) groups excluding carboxylic acids is 3. The number of rotatable bonds is 7. The Labute approximate surface area is 182 Å². The summed E-state index contributed by atoms with van der Waals surface area (Å²) in [5.74, 6) is -0.680. The maximum atomic E-state index is 12.9. The minimum Gasteiger partial charge on any atom is -0.469 e. The molecule has 1 atom stereocenters. The summed E-state index contributed by atoms with van der Waals surface area (Å²) in [5.41, 5.74) is -0.509. The van der Waals surface area contributed by atoms with Gasteiger partial charge in [-0.1, -0.05) is 0 Å². The van der Waals surface area contributed by atoms with Gasteiger partial charge in [-0.25, -0.2) is 18.0 Å². The van der Waals surface area contributed by atoms with Crippen molar-refractivity contribution < 1.29 is 37.0 Å². The maximum Gasteiger partial charge on any atom is 0.411 e. The van der Waals surface area contributed by atoms with Gasteiger partial charge in [0.15, 0.2) is 9.84 Å². The Morgan fingerprint density at radius 2 is 1.65 bits per heavy atom. The Kier molecular flexibility index (Phi) is 8.85. The van der Waals surface area contributed by atoms with Crippen LogP contribution in [0.25, 0.3) is 0 Å². The molecule has 2 N–H and O–H groups in total. The van der Waals surface area contributed by atoms with E-state index >= 15 is 0 Å². The van der Waals surface area contributed by atoms with Crippen LogP contribution in [0.5, 0.6) is 0 Å². The number of esters is 1. The summed E-state index contributed by atoms with van der Waals surface area (Å²) in [6.45, 7) is 8.01. The average Bonchev–Trinajstić information content (AvgIpc) is 2.65. The molecule has 0 aliphatic rings. The van der Waals surface area contributed by atoms with Crippen LogP contribution in [0.2, 0.25) is 0 Å². The summed E-state index contributed by atoms with van der Waals surface area (Å²) in [5, 5.41) is 4.20. The smallest absolute Gasteiger partial charge is 0.411 e. The van der Waals surface area contributed by atoms with Gasteiger partial charge in [-0.15, -0.1) is 0 Å². The van der Waals surface area contributed by atoms with Crippen molar-refractivity contribution in [3.05, 3.63) is 23.8 Å². The summed E-state index contributed by atoms with van der Waals surface area (Å²) >= 11 is 0. The van der Waals surface area contributed by atoms with Crippen molar-refractivity contribution in [3.8, 4) is 0 Å². The van der Waals surface area contributed by atoms with Gasteiger partial charge in [-0.3, -0.25) is 10.1 Å². The second-order valence-corrected chi connectivity index (χ2v) is 10.4. The lowest BCUT2D eigenvalue weighted by molar-refractivity contribution is -0.141. The van der Waals surface area contributed by atoms with Crippen LogP contribution < -0.4 is 10.6 Å². The first-order chi connectivity index (χ1) is 14.2. The second kappa shape index (κ2) is 10.5. The zero-order valence-electron chi connectivity index (χ0n) is 18.8. The van der Waals surface area contributed by atoms with Crippen LogP contribution in [0.1, 0.15) is 52.6 Å². The molecule has 11 heteroatoms. The Balaban J connectivity index is 3.58. The number of ether oxygens (including phenoxy) is 3. The Morgan fingerprint density at radius 1 is 1.03 bits per heavy atom. The zero-order chi connectivity index (χ0) is 24.0. The van der Waals surface area contributed by atoms with E-state index in [0.29, 0.717) is 0 Å².